The zero-order chi connectivity index (χ0) is 14.8. The molecule has 0 aliphatic heterocycles. The van der Waals surface area contributed by atoms with Crippen molar-refractivity contribution < 1.29 is 0 Å². The number of hydrogen-bond donors (Lipinski definition) is 0. The highest BCUT2D eigenvalue weighted by molar-refractivity contribution is 6.30. The predicted molar refractivity (Wildman–Crippen MR) is 88.8 cm³/mol. The number of allylic oxidation sites excluding steroid dienone is 1. The highest BCUT2D eigenvalue weighted by atomic mass is 35.5. The van der Waals surface area contributed by atoms with Crippen molar-refractivity contribution >= 4 is 22.6 Å². The number of fused-ring (bicyclic) bond motifs is 1. The fourth-order valence-corrected chi connectivity index (χ4v) is 2.62. The largest absolute Gasteiger partial charge is 0.324 e. The van der Waals surface area contributed by atoms with E-state index in [0.29, 0.717) is 0 Å². The van der Waals surface area contributed by atoms with E-state index in [1.54, 1.807) is 0 Å². The van der Waals surface area contributed by atoms with Crippen LogP contribution < -0.4 is 0 Å². The number of para-hydroxylation sites is 2. The van der Waals surface area contributed by atoms with Gasteiger partial charge in [-0.3, -0.25) is 0 Å². The monoisotopic (exact) mass is 296 g/mol. The molecule has 3 heteroatoms. The summed E-state index contributed by atoms with van der Waals surface area (Å²) in [6.45, 7) is 6.87. The Labute approximate surface area is 129 Å². The second-order valence-corrected chi connectivity index (χ2v) is 5.80. The molecule has 0 atom stereocenters. The summed E-state index contributed by atoms with van der Waals surface area (Å²) in [6, 6.07) is 16.2. The van der Waals surface area contributed by atoms with Crippen molar-refractivity contribution in [2.24, 2.45) is 0 Å². The van der Waals surface area contributed by atoms with Crippen molar-refractivity contribution in [3.63, 3.8) is 0 Å². The lowest BCUT2D eigenvalue weighted by Gasteiger charge is -2.09. The standard InChI is InChI=1S/C18H17ClN2/c1-13(2)12-21-17-6-4-3-5-16(17)20-18(21)11-14-7-9-15(19)10-8-14/h3-10H,1,11-12H2,2H3. The van der Waals surface area contributed by atoms with Crippen LogP contribution in [-0.2, 0) is 13.0 Å². The van der Waals surface area contributed by atoms with Crippen LogP contribution in [0.3, 0.4) is 0 Å². The Hall–Kier alpha value is -2.06. The zero-order valence-electron chi connectivity index (χ0n) is 12.0. The maximum atomic E-state index is 5.95. The third-order valence-corrected chi connectivity index (χ3v) is 3.69. The van der Waals surface area contributed by atoms with Crippen LogP contribution in [0, 0.1) is 0 Å². The molecule has 0 saturated heterocycles. The summed E-state index contributed by atoms with van der Waals surface area (Å²) in [6.07, 6.45) is 0.791. The number of halogens is 1. The summed E-state index contributed by atoms with van der Waals surface area (Å²) in [7, 11) is 0. The SMILES string of the molecule is C=C(C)Cn1c(Cc2ccc(Cl)cc2)nc2ccccc21. The molecule has 21 heavy (non-hydrogen) atoms. The molecule has 0 saturated carbocycles. The lowest BCUT2D eigenvalue weighted by molar-refractivity contribution is 0.753. The van der Waals surface area contributed by atoms with Gasteiger partial charge in [-0.25, -0.2) is 4.98 Å². The van der Waals surface area contributed by atoms with E-state index in [0.717, 1.165) is 40.4 Å². The van der Waals surface area contributed by atoms with Crippen LogP contribution in [0.5, 0.6) is 0 Å². The molecule has 2 aromatic carbocycles. The number of aromatic nitrogens is 2. The molecule has 0 fully saturated rings. The van der Waals surface area contributed by atoms with Crippen LogP contribution in [0.1, 0.15) is 18.3 Å². The van der Waals surface area contributed by atoms with Gasteiger partial charge in [-0.05, 0) is 36.8 Å². The smallest absolute Gasteiger partial charge is 0.114 e. The van der Waals surface area contributed by atoms with Gasteiger partial charge in [0.15, 0.2) is 0 Å². The number of benzene rings is 2. The summed E-state index contributed by atoms with van der Waals surface area (Å²) in [5.41, 5.74) is 4.51. The number of hydrogen-bond acceptors (Lipinski definition) is 1. The third-order valence-electron chi connectivity index (χ3n) is 3.44. The quantitative estimate of drug-likeness (QED) is 0.629. The molecule has 0 N–H and O–H groups in total. The third kappa shape index (κ3) is 3.01. The van der Waals surface area contributed by atoms with Crippen LogP contribution in [0.4, 0.5) is 0 Å². The second-order valence-electron chi connectivity index (χ2n) is 5.36. The minimum Gasteiger partial charge on any atom is -0.324 e. The van der Waals surface area contributed by atoms with Crippen LogP contribution in [-0.4, -0.2) is 9.55 Å². The summed E-state index contributed by atoms with van der Waals surface area (Å²) < 4.78 is 2.24. The Morgan fingerprint density at radius 3 is 2.57 bits per heavy atom. The number of nitrogens with zero attached hydrogens (tertiary/aromatic N) is 2. The van der Waals surface area contributed by atoms with E-state index >= 15 is 0 Å². The lowest BCUT2D eigenvalue weighted by Crippen LogP contribution is -2.05. The van der Waals surface area contributed by atoms with Gasteiger partial charge in [0.25, 0.3) is 0 Å². The minimum atomic E-state index is 0.759. The van der Waals surface area contributed by atoms with Crippen molar-refractivity contribution in [1.82, 2.24) is 9.55 Å². The van der Waals surface area contributed by atoms with Crippen molar-refractivity contribution in [2.45, 2.75) is 19.9 Å². The van der Waals surface area contributed by atoms with Crippen LogP contribution in [0.2, 0.25) is 5.02 Å². The van der Waals surface area contributed by atoms with Gasteiger partial charge >= 0.3 is 0 Å². The molecular formula is C18H17ClN2. The minimum absolute atomic E-state index is 0.759. The van der Waals surface area contributed by atoms with E-state index in [1.165, 1.54) is 5.56 Å². The highest BCUT2D eigenvalue weighted by Gasteiger charge is 2.10. The van der Waals surface area contributed by atoms with Gasteiger partial charge < -0.3 is 4.57 Å². The molecular weight excluding hydrogens is 280 g/mol. The molecule has 2 nitrogen and oxygen atoms in total. The molecule has 1 aromatic heterocycles. The summed E-state index contributed by atoms with van der Waals surface area (Å²) >= 11 is 5.95. The van der Waals surface area contributed by atoms with Crippen molar-refractivity contribution in [2.75, 3.05) is 0 Å². The maximum absolute atomic E-state index is 5.95. The molecule has 3 aromatic rings. The van der Waals surface area contributed by atoms with E-state index in [4.69, 9.17) is 16.6 Å². The van der Waals surface area contributed by atoms with Gasteiger partial charge in [-0.2, -0.15) is 0 Å². The predicted octanol–water partition coefficient (Wildman–Crippen LogP) is 4.86. The van der Waals surface area contributed by atoms with E-state index < -0.39 is 0 Å². The molecule has 1 heterocycles. The first-order valence-corrected chi connectivity index (χ1v) is 7.34. The molecule has 0 aliphatic rings. The Morgan fingerprint density at radius 2 is 1.86 bits per heavy atom. The van der Waals surface area contributed by atoms with Gasteiger partial charge in [0.1, 0.15) is 5.82 Å². The Balaban J connectivity index is 2.04. The number of rotatable bonds is 4. The topological polar surface area (TPSA) is 17.8 Å². The molecule has 106 valence electrons. The lowest BCUT2D eigenvalue weighted by atomic mass is 10.1. The summed E-state index contributed by atoms with van der Waals surface area (Å²) in [4.78, 5) is 4.77. The summed E-state index contributed by atoms with van der Waals surface area (Å²) in [5, 5.41) is 0.759. The Kier molecular flexibility index (Phi) is 3.80. The van der Waals surface area contributed by atoms with Crippen LogP contribution in [0.15, 0.2) is 60.7 Å². The zero-order valence-corrected chi connectivity index (χ0v) is 12.8. The molecule has 0 radical (unpaired) electrons. The second kappa shape index (κ2) is 5.74. The highest BCUT2D eigenvalue weighted by Crippen LogP contribution is 2.20. The van der Waals surface area contributed by atoms with Crippen LogP contribution in [0.25, 0.3) is 11.0 Å². The maximum Gasteiger partial charge on any atom is 0.114 e. The Morgan fingerprint density at radius 1 is 1.14 bits per heavy atom. The van der Waals surface area contributed by atoms with Gasteiger partial charge in [0.05, 0.1) is 11.0 Å². The average molecular weight is 297 g/mol. The molecule has 0 bridgehead atoms. The van der Waals surface area contributed by atoms with Gasteiger partial charge in [-0.15, -0.1) is 0 Å². The van der Waals surface area contributed by atoms with Gasteiger partial charge in [0.2, 0.25) is 0 Å². The molecule has 0 aliphatic carbocycles. The van der Waals surface area contributed by atoms with Crippen molar-refractivity contribution in [3.05, 3.63) is 77.1 Å². The van der Waals surface area contributed by atoms with E-state index in [-0.39, 0.29) is 0 Å². The normalized spacial score (nSPS) is 11.0. The van der Waals surface area contributed by atoms with E-state index in [1.807, 2.05) is 43.3 Å². The molecule has 0 amide bonds. The van der Waals surface area contributed by atoms with Crippen LogP contribution >= 0.6 is 11.6 Å². The molecule has 0 spiro atoms. The first-order chi connectivity index (χ1) is 10.1. The first-order valence-electron chi connectivity index (χ1n) is 6.96. The van der Waals surface area contributed by atoms with Crippen molar-refractivity contribution in [3.8, 4) is 0 Å². The fourth-order valence-electron chi connectivity index (χ4n) is 2.49. The first kappa shape index (κ1) is 13.9. The Bertz CT molecular complexity index is 785. The fraction of sp³-hybridized carbons (Fsp3) is 0.167. The van der Waals surface area contributed by atoms with E-state index in [9.17, 15) is 0 Å². The van der Waals surface area contributed by atoms with E-state index in [2.05, 4.69) is 23.3 Å². The summed E-state index contributed by atoms with van der Waals surface area (Å²) in [5.74, 6) is 1.06. The van der Waals surface area contributed by atoms with Crippen molar-refractivity contribution in [1.29, 1.82) is 0 Å². The van der Waals surface area contributed by atoms with Gasteiger partial charge in [0, 0.05) is 18.0 Å². The molecule has 0 unspecified atom stereocenters. The number of imidazole rings is 1. The average Bonchev–Trinajstić information content (AvgIpc) is 2.79. The van der Waals surface area contributed by atoms with Gasteiger partial charge in [-0.1, -0.05) is 48.0 Å². The molecule has 3 rings (SSSR count).